The van der Waals surface area contributed by atoms with Crippen molar-refractivity contribution >= 4 is 5.91 Å². The first-order chi connectivity index (χ1) is 16.1. The van der Waals surface area contributed by atoms with Crippen molar-refractivity contribution in [3.05, 3.63) is 89.4 Å². The summed E-state index contributed by atoms with van der Waals surface area (Å²) in [5.41, 5.74) is 6.34. The van der Waals surface area contributed by atoms with Crippen molar-refractivity contribution in [2.75, 3.05) is 0 Å². The van der Waals surface area contributed by atoms with E-state index in [1.54, 1.807) is 6.07 Å². The number of hydrogen-bond donors (Lipinski definition) is 1. The minimum atomic E-state index is -0.216. The Kier molecular flexibility index (Phi) is 5.86. The van der Waals surface area contributed by atoms with Gasteiger partial charge in [0, 0.05) is 18.2 Å². The number of aromatic nitrogens is 2. The molecule has 5 rings (SSSR count). The van der Waals surface area contributed by atoms with Gasteiger partial charge < -0.3 is 14.3 Å². The van der Waals surface area contributed by atoms with Crippen molar-refractivity contribution in [3.63, 3.8) is 0 Å². The molecule has 0 bridgehead atoms. The van der Waals surface area contributed by atoms with Gasteiger partial charge in [0.25, 0.3) is 5.91 Å². The topological polar surface area (TPSA) is 60.1 Å². The Morgan fingerprint density at radius 2 is 1.82 bits per heavy atom. The molecule has 1 aliphatic carbocycles. The maximum Gasteiger partial charge on any atom is 0.287 e. The maximum absolute atomic E-state index is 12.8. The quantitative estimate of drug-likeness (QED) is 0.374. The molecule has 1 amide bonds. The molecule has 5 nitrogen and oxygen atoms in total. The number of nitrogens with zero attached hydrogens (tertiary/aromatic N) is 2. The third-order valence-corrected chi connectivity index (χ3v) is 6.44. The van der Waals surface area contributed by atoms with Gasteiger partial charge in [-0.15, -0.1) is 0 Å². The number of amides is 1. The van der Waals surface area contributed by atoms with E-state index in [4.69, 9.17) is 9.40 Å². The van der Waals surface area contributed by atoms with Crippen molar-refractivity contribution in [3.8, 4) is 22.7 Å². The van der Waals surface area contributed by atoms with Gasteiger partial charge in [-0.1, -0.05) is 72.5 Å². The number of rotatable bonds is 6. The number of imidazole rings is 1. The van der Waals surface area contributed by atoms with E-state index in [0.717, 1.165) is 35.4 Å². The van der Waals surface area contributed by atoms with Crippen LogP contribution in [0.25, 0.3) is 22.7 Å². The van der Waals surface area contributed by atoms with Gasteiger partial charge in [0.15, 0.2) is 11.5 Å². The minimum Gasteiger partial charge on any atom is -0.449 e. The third-order valence-electron chi connectivity index (χ3n) is 6.44. The van der Waals surface area contributed by atoms with E-state index in [1.807, 2.05) is 37.5 Å². The van der Waals surface area contributed by atoms with Gasteiger partial charge in [-0.05, 0) is 44.4 Å². The molecule has 2 heterocycles. The molecule has 2 aromatic heterocycles. The van der Waals surface area contributed by atoms with Gasteiger partial charge in [0.2, 0.25) is 0 Å². The average Bonchev–Trinajstić information content (AvgIpc) is 3.58. The number of nitrogens with one attached hydrogen (secondary N) is 1. The van der Waals surface area contributed by atoms with E-state index >= 15 is 0 Å². The Bertz CT molecular complexity index is 1260. The number of aryl methyl sites for hydroxylation is 2. The van der Waals surface area contributed by atoms with Crippen LogP contribution in [0.15, 0.2) is 71.4 Å². The lowest BCUT2D eigenvalue weighted by Crippen LogP contribution is -2.22. The van der Waals surface area contributed by atoms with Crippen LogP contribution in [0.1, 0.15) is 59.0 Å². The van der Waals surface area contributed by atoms with Crippen LogP contribution in [0, 0.1) is 13.8 Å². The number of carbonyl (C=O) groups is 1. The zero-order valence-corrected chi connectivity index (χ0v) is 19.2. The third kappa shape index (κ3) is 4.49. The summed E-state index contributed by atoms with van der Waals surface area (Å²) >= 11 is 0. The van der Waals surface area contributed by atoms with E-state index in [2.05, 4.69) is 47.1 Å². The molecule has 168 valence electrons. The van der Waals surface area contributed by atoms with Crippen molar-refractivity contribution in [1.29, 1.82) is 0 Å². The average molecular weight is 440 g/mol. The Hall–Kier alpha value is -3.60. The second-order valence-electron chi connectivity index (χ2n) is 8.99. The van der Waals surface area contributed by atoms with Crippen molar-refractivity contribution in [2.24, 2.45) is 0 Å². The van der Waals surface area contributed by atoms with Gasteiger partial charge in [0.1, 0.15) is 5.69 Å². The number of benzene rings is 2. The van der Waals surface area contributed by atoms with Crippen LogP contribution >= 0.6 is 0 Å². The Morgan fingerprint density at radius 1 is 1.03 bits per heavy atom. The van der Waals surface area contributed by atoms with Gasteiger partial charge in [-0.2, -0.15) is 0 Å². The molecule has 0 atom stereocenters. The molecule has 0 unspecified atom stereocenters. The van der Waals surface area contributed by atoms with Crippen LogP contribution in [0.2, 0.25) is 0 Å². The first-order valence-electron chi connectivity index (χ1n) is 11.7. The largest absolute Gasteiger partial charge is 0.449 e. The summed E-state index contributed by atoms with van der Waals surface area (Å²) in [6.07, 6.45) is 6.67. The van der Waals surface area contributed by atoms with Crippen LogP contribution in [0.5, 0.6) is 0 Å². The number of carbonyl (C=O) groups excluding carboxylic acids is 1. The highest BCUT2D eigenvalue weighted by molar-refractivity contribution is 5.92. The van der Waals surface area contributed by atoms with Crippen LogP contribution in [-0.2, 0) is 6.54 Å². The van der Waals surface area contributed by atoms with Crippen molar-refractivity contribution in [1.82, 2.24) is 14.9 Å². The fourth-order valence-electron chi connectivity index (χ4n) is 4.67. The van der Waals surface area contributed by atoms with Gasteiger partial charge in [0.05, 0.1) is 12.0 Å². The summed E-state index contributed by atoms with van der Waals surface area (Å²) in [5.74, 6) is 0.772. The number of hydrogen-bond acceptors (Lipinski definition) is 3. The highest BCUT2D eigenvalue weighted by atomic mass is 16.4. The second kappa shape index (κ2) is 9.10. The Balaban J connectivity index is 1.44. The van der Waals surface area contributed by atoms with Gasteiger partial charge in [-0.25, -0.2) is 4.98 Å². The summed E-state index contributed by atoms with van der Waals surface area (Å²) < 4.78 is 8.36. The standard InChI is InChI=1S/C28H29N3O2/c1-19-10-12-22(13-11-19)26-27(31(18-30-26)23-8-3-4-9-23)24-14-15-25(33-24)28(32)29-17-21-7-5-6-20(2)16-21/h5-7,10-16,18,23H,3-4,8-9,17H2,1-2H3,(H,29,32). The SMILES string of the molecule is Cc1ccc(-c2ncn(C3CCCC3)c2-c2ccc(C(=O)NCc3cccc(C)c3)o2)cc1. The Morgan fingerprint density at radius 3 is 2.58 bits per heavy atom. The lowest BCUT2D eigenvalue weighted by atomic mass is 10.1. The fourth-order valence-corrected chi connectivity index (χ4v) is 4.67. The number of furan rings is 1. The summed E-state index contributed by atoms with van der Waals surface area (Å²) in [6, 6.07) is 20.6. The molecular formula is C28H29N3O2. The molecule has 33 heavy (non-hydrogen) atoms. The zero-order chi connectivity index (χ0) is 22.8. The summed E-state index contributed by atoms with van der Waals surface area (Å²) in [6.45, 7) is 4.59. The highest BCUT2D eigenvalue weighted by Gasteiger charge is 2.25. The predicted molar refractivity (Wildman–Crippen MR) is 130 cm³/mol. The molecule has 0 spiro atoms. The molecule has 2 aromatic carbocycles. The molecule has 1 aliphatic rings. The van der Waals surface area contributed by atoms with E-state index in [9.17, 15) is 4.79 Å². The van der Waals surface area contributed by atoms with E-state index in [1.165, 1.54) is 24.0 Å². The Labute approximate surface area is 194 Å². The highest BCUT2D eigenvalue weighted by Crippen LogP contribution is 2.39. The van der Waals surface area contributed by atoms with Crippen molar-refractivity contribution < 1.29 is 9.21 Å². The lowest BCUT2D eigenvalue weighted by Gasteiger charge is -2.15. The molecule has 0 radical (unpaired) electrons. The van der Waals surface area contributed by atoms with Gasteiger partial charge >= 0.3 is 0 Å². The summed E-state index contributed by atoms with van der Waals surface area (Å²) in [5, 5.41) is 2.97. The van der Waals surface area contributed by atoms with Crippen LogP contribution in [-0.4, -0.2) is 15.5 Å². The predicted octanol–water partition coefficient (Wildman–Crippen LogP) is 6.47. The first kappa shape index (κ1) is 21.3. The van der Waals surface area contributed by atoms with E-state index in [0.29, 0.717) is 24.1 Å². The lowest BCUT2D eigenvalue weighted by molar-refractivity contribution is 0.0924. The van der Waals surface area contributed by atoms with Gasteiger partial charge in [-0.3, -0.25) is 4.79 Å². The maximum atomic E-state index is 12.8. The van der Waals surface area contributed by atoms with Crippen LogP contribution in [0.3, 0.4) is 0 Å². The summed E-state index contributed by atoms with van der Waals surface area (Å²) in [7, 11) is 0. The molecule has 1 N–H and O–H groups in total. The molecule has 1 fully saturated rings. The second-order valence-corrected chi connectivity index (χ2v) is 8.99. The van der Waals surface area contributed by atoms with Crippen LogP contribution in [0.4, 0.5) is 0 Å². The van der Waals surface area contributed by atoms with Crippen LogP contribution < -0.4 is 5.32 Å². The first-order valence-corrected chi connectivity index (χ1v) is 11.7. The molecule has 0 aliphatic heterocycles. The van der Waals surface area contributed by atoms with E-state index in [-0.39, 0.29) is 5.91 Å². The normalized spacial score (nSPS) is 14.0. The molecular weight excluding hydrogens is 410 g/mol. The monoisotopic (exact) mass is 439 g/mol. The fraction of sp³-hybridized carbons (Fsp3) is 0.286. The zero-order valence-electron chi connectivity index (χ0n) is 19.2. The summed E-state index contributed by atoms with van der Waals surface area (Å²) in [4.78, 5) is 17.6. The minimum absolute atomic E-state index is 0.216. The molecule has 4 aromatic rings. The van der Waals surface area contributed by atoms with Crippen molar-refractivity contribution in [2.45, 2.75) is 52.1 Å². The smallest absolute Gasteiger partial charge is 0.287 e. The molecule has 5 heteroatoms. The van der Waals surface area contributed by atoms with E-state index < -0.39 is 0 Å². The molecule has 1 saturated carbocycles. The molecule has 0 saturated heterocycles.